The quantitative estimate of drug-likeness (QED) is 0.689. The van der Waals surface area contributed by atoms with E-state index in [1.807, 2.05) is 0 Å². The molecule has 0 saturated carbocycles. The summed E-state index contributed by atoms with van der Waals surface area (Å²) in [5.41, 5.74) is -0.455. The van der Waals surface area contributed by atoms with Gasteiger partial charge in [0, 0.05) is 11.8 Å². The lowest BCUT2D eigenvalue weighted by molar-refractivity contribution is -0.137. The maximum Gasteiger partial charge on any atom is 0.417 e. The predicted octanol–water partition coefficient (Wildman–Crippen LogP) is 4.42. The molecule has 0 saturated heterocycles. The van der Waals surface area contributed by atoms with Gasteiger partial charge in [-0.2, -0.15) is 13.2 Å². The molecule has 0 unspecified atom stereocenters. The summed E-state index contributed by atoms with van der Waals surface area (Å²) in [5, 5.41) is -0.147. The van der Waals surface area contributed by atoms with E-state index in [4.69, 9.17) is 11.6 Å². The van der Waals surface area contributed by atoms with E-state index < -0.39 is 11.7 Å². The molecule has 17 heavy (non-hydrogen) atoms. The van der Waals surface area contributed by atoms with Crippen molar-refractivity contribution in [2.45, 2.75) is 6.18 Å². The van der Waals surface area contributed by atoms with Crippen LogP contribution in [0.4, 0.5) is 13.2 Å². The summed E-state index contributed by atoms with van der Waals surface area (Å²) in [7, 11) is 0. The number of rotatable bonds is 1. The molecule has 0 spiro atoms. The van der Waals surface area contributed by atoms with Crippen LogP contribution in [0.25, 0.3) is 11.1 Å². The molecule has 0 bridgehead atoms. The monoisotopic (exact) mass is 257 g/mol. The van der Waals surface area contributed by atoms with Crippen molar-refractivity contribution in [1.82, 2.24) is 4.98 Å². The van der Waals surface area contributed by atoms with Gasteiger partial charge in [0.15, 0.2) is 0 Å². The molecular weight excluding hydrogens is 251 g/mol. The van der Waals surface area contributed by atoms with Crippen LogP contribution in [0.3, 0.4) is 0 Å². The van der Waals surface area contributed by atoms with E-state index in [1.54, 1.807) is 30.3 Å². The Morgan fingerprint density at radius 1 is 1.00 bits per heavy atom. The Morgan fingerprint density at radius 2 is 1.65 bits per heavy atom. The van der Waals surface area contributed by atoms with Gasteiger partial charge >= 0.3 is 6.18 Å². The molecule has 0 radical (unpaired) electrons. The van der Waals surface area contributed by atoms with Crippen molar-refractivity contribution in [3.8, 4) is 11.1 Å². The molecule has 0 aliphatic rings. The third-order valence-electron chi connectivity index (χ3n) is 2.27. The summed E-state index contributed by atoms with van der Waals surface area (Å²) in [6.45, 7) is 0. The van der Waals surface area contributed by atoms with E-state index in [-0.39, 0.29) is 10.7 Å². The number of alkyl halides is 3. The molecule has 88 valence electrons. The van der Waals surface area contributed by atoms with Gasteiger partial charge in [-0.1, -0.05) is 41.9 Å². The summed E-state index contributed by atoms with van der Waals surface area (Å²) in [6.07, 6.45) is -3.39. The number of benzene rings is 1. The second kappa shape index (κ2) is 4.37. The van der Waals surface area contributed by atoms with Crippen molar-refractivity contribution < 1.29 is 13.2 Å². The summed E-state index contributed by atoms with van der Waals surface area (Å²) < 4.78 is 38.5. The molecule has 0 amide bonds. The van der Waals surface area contributed by atoms with Gasteiger partial charge in [-0.3, -0.25) is 0 Å². The molecule has 0 aliphatic carbocycles. The fraction of sp³-hybridized carbons (Fsp3) is 0.0833. The zero-order valence-electron chi connectivity index (χ0n) is 8.50. The molecular formula is C12H7ClF3N. The molecule has 1 nitrogen and oxygen atoms in total. The van der Waals surface area contributed by atoms with E-state index in [9.17, 15) is 13.2 Å². The van der Waals surface area contributed by atoms with Crippen LogP contribution in [0.2, 0.25) is 5.15 Å². The van der Waals surface area contributed by atoms with E-state index in [2.05, 4.69) is 4.98 Å². The van der Waals surface area contributed by atoms with Crippen molar-refractivity contribution >= 4 is 11.6 Å². The topological polar surface area (TPSA) is 12.9 Å². The Bertz CT molecular complexity index is 523. The molecule has 2 aromatic rings. The molecule has 1 heterocycles. The van der Waals surface area contributed by atoms with Gasteiger partial charge in [-0.15, -0.1) is 0 Å². The molecule has 0 atom stereocenters. The van der Waals surface area contributed by atoms with Gasteiger partial charge in [0.2, 0.25) is 0 Å². The first-order chi connectivity index (χ1) is 8.00. The first kappa shape index (κ1) is 11.9. The van der Waals surface area contributed by atoms with Crippen LogP contribution in [-0.4, -0.2) is 4.98 Å². The molecule has 5 heteroatoms. The third kappa shape index (κ3) is 2.42. The minimum atomic E-state index is -4.45. The van der Waals surface area contributed by atoms with Crippen LogP contribution in [-0.2, 0) is 6.18 Å². The standard InChI is InChI=1S/C12H7ClF3N/c13-11-10(8-4-2-1-3-5-8)9(6-7-17-11)12(14,15)16/h1-7H. The Balaban J connectivity index is 2.69. The lowest BCUT2D eigenvalue weighted by atomic mass is 10.0. The highest BCUT2D eigenvalue weighted by Gasteiger charge is 2.34. The molecule has 0 N–H and O–H groups in total. The Labute approximate surface area is 101 Å². The number of halogens is 4. The average molecular weight is 258 g/mol. The maximum atomic E-state index is 12.8. The van der Waals surface area contributed by atoms with Gasteiger partial charge in [-0.05, 0) is 11.6 Å². The lowest BCUT2D eigenvalue weighted by Crippen LogP contribution is -2.08. The van der Waals surface area contributed by atoms with Crippen LogP contribution < -0.4 is 0 Å². The van der Waals surface area contributed by atoms with Gasteiger partial charge in [0.1, 0.15) is 5.15 Å². The van der Waals surface area contributed by atoms with Crippen molar-refractivity contribution in [2.24, 2.45) is 0 Å². The SMILES string of the molecule is FC(F)(F)c1ccnc(Cl)c1-c1ccccc1. The Kier molecular flexibility index (Phi) is 3.07. The fourth-order valence-corrected chi connectivity index (χ4v) is 1.82. The third-order valence-corrected chi connectivity index (χ3v) is 2.56. The Morgan fingerprint density at radius 3 is 2.24 bits per heavy atom. The number of pyridine rings is 1. The van der Waals surface area contributed by atoms with Crippen molar-refractivity contribution in [2.75, 3.05) is 0 Å². The second-order valence-corrected chi connectivity index (χ2v) is 3.75. The first-order valence-electron chi connectivity index (χ1n) is 4.77. The second-order valence-electron chi connectivity index (χ2n) is 3.39. The van der Waals surface area contributed by atoms with E-state index in [1.165, 1.54) is 0 Å². The van der Waals surface area contributed by atoms with Gasteiger partial charge < -0.3 is 0 Å². The highest BCUT2D eigenvalue weighted by atomic mass is 35.5. The molecule has 2 rings (SSSR count). The van der Waals surface area contributed by atoms with Crippen LogP contribution >= 0.6 is 11.6 Å². The average Bonchev–Trinajstić information content (AvgIpc) is 2.28. The maximum absolute atomic E-state index is 12.8. The Hall–Kier alpha value is -1.55. The highest BCUT2D eigenvalue weighted by Crippen LogP contribution is 2.39. The van der Waals surface area contributed by atoms with Crippen molar-refractivity contribution in [3.05, 3.63) is 53.3 Å². The fourth-order valence-electron chi connectivity index (χ4n) is 1.55. The largest absolute Gasteiger partial charge is 0.417 e. The van der Waals surface area contributed by atoms with Crippen LogP contribution in [0, 0.1) is 0 Å². The molecule has 0 aliphatic heterocycles. The lowest BCUT2D eigenvalue weighted by Gasteiger charge is -2.13. The summed E-state index contributed by atoms with van der Waals surface area (Å²) in [5.74, 6) is 0. The van der Waals surface area contributed by atoms with Crippen molar-refractivity contribution in [1.29, 1.82) is 0 Å². The van der Waals surface area contributed by atoms with Crippen molar-refractivity contribution in [3.63, 3.8) is 0 Å². The van der Waals surface area contributed by atoms with Gasteiger partial charge in [0.25, 0.3) is 0 Å². The molecule has 1 aromatic heterocycles. The minimum Gasteiger partial charge on any atom is -0.244 e. The molecule has 0 fully saturated rings. The normalized spacial score (nSPS) is 11.5. The van der Waals surface area contributed by atoms with Crippen LogP contribution in [0.1, 0.15) is 5.56 Å². The summed E-state index contributed by atoms with van der Waals surface area (Å²) in [4.78, 5) is 3.70. The number of hydrogen-bond donors (Lipinski definition) is 0. The first-order valence-corrected chi connectivity index (χ1v) is 5.15. The van der Waals surface area contributed by atoms with Crippen LogP contribution in [0.15, 0.2) is 42.6 Å². The van der Waals surface area contributed by atoms with Gasteiger partial charge in [-0.25, -0.2) is 4.98 Å². The van der Waals surface area contributed by atoms with E-state index >= 15 is 0 Å². The predicted molar refractivity (Wildman–Crippen MR) is 59.7 cm³/mol. The summed E-state index contributed by atoms with van der Waals surface area (Å²) >= 11 is 5.76. The number of hydrogen-bond acceptors (Lipinski definition) is 1. The van der Waals surface area contributed by atoms with Gasteiger partial charge in [0.05, 0.1) is 5.56 Å². The smallest absolute Gasteiger partial charge is 0.244 e. The number of nitrogens with zero attached hydrogens (tertiary/aromatic N) is 1. The van der Waals surface area contributed by atoms with Crippen LogP contribution in [0.5, 0.6) is 0 Å². The highest BCUT2D eigenvalue weighted by molar-refractivity contribution is 6.32. The van der Waals surface area contributed by atoms with E-state index in [0.717, 1.165) is 12.3 Å². The zero-order chi connectivity index (χ0) is 12.5. The number of aromatic nitrogens is 1. The zero-order valence-corrected chi connectivity index (χ0v) is 9.26. The van der Waals surface area contributed by atoms with E-state index in [0.29, 0.717) is 5.56 Å². The minimum absolute atomic E-state index is 0.0812. The molecule has 1 aromatic carbocycles. The summed E-state index contributed by atoms with van der Waals surface area (Å²) in [6, 6.07) is 9.09.